The van der Waals surface area contributed by atoms with Crippen LogP contribution in [0.25, 0.3) is 10.9 Å². The van der Waals surface area contributed by atoms with Gasteiger partial charge in [0, 0.05) is 25.9 Å². The minimum atomic E-state index is -0.495. The third-order valence-electron chi connectivity index (χ3n) is 4.16. The number of rotatable bonds is 4. The molecule has 0 bridgehead atoms. The van der Waals surface area contributed by atoms with E-state index >= 15 is 0 Å². The number of halogens is 3. The highest BCUT2D eigenvalue weighted by Gasteiger charge is 2.10. The van der Waals surface area contributed by atoms with E-state index in [0.29, 0.717) is 33.7 Å². The van der Waals surface area contributed by atoms with Crippen molar-refractivity contribution in [2.75, 3.05) is 10.6 Å². The summed E-state index contributed by atoms with van der Waals surface area (Å²) in [5.74, 6) is -0.187. The molecule has 0 spiro atoms. The fourth-order valence-corrected chi connectivity index (χ4v) is 3.50. The van der Waals surface area contributed by atoms with Crippen LogP contribution < -0.4 is 10.6 Å². The average molecular weight is 519 g/mol. The van der Waals surface area contributed by atoms with Crippen molar-refractivity contribution in [2.24, 2.45) is 0 Å². The largest absolute Gasteiger partial charge is 0.340 e. The van der Waals surface area contributed by atoms with E-state index in [0.717, 1.165) is 3.57 Å². The molecule has 0 unspecified atom stereocenters. The van der Waals surface area contributed by atoms with E-state index < -0.39 is 5.82 Å². The van der Waals surface area contributed by atoms with Crippen molar-refractivity contribution in [3.63, 3.8) is 0 Å². The Labute approximate surface area is 184 Å². The summed E-state index contributed by atoms with van der Waals surface area (Å²) in [5.41, 5.74) is 2.46. The van der Waals surface area contributed by atoms with Gasteiger partial charge >= 0.3 is 0 Å². The van der Waals surface area contributed by atoms with Crippen LogP contribution in [0.15, 0.2) is 67.0 Å². The summed E-state index contributed by atoms with van der Waals surface area (Å²) in [7, 11) is 0. The van der Waals surface area contributed by atoms with Crippen LogP contribution in [0.3, 0.4) is 0 Å². The predicted octanol–water partition coefficient (Wildman–Crippen LogP) is 6.02. The molecule has 0 saturated carbocycles. The average Bonchev–Trinajstić information content (AvgIpc) is 2.71. The number of benzene rings is 3. The van der Waals surface area contributed by atoms with Crippen LogP contribution in [0.1, 0.15) is 10.4 Å². The summed E-state index contributed by atoms with van der Waals surface area (Å²) in [4.78, 5) is 21.1. The highest BCUT2D eigenvalue weighted by atomic mass is 127. The highest BCUT2D eigenvalue weighted by Crippen LogP contribution is 2.28. The summed E-state index contributed by atoms with van der Waals surface area (Å²) < 4.78 is 14.4. The zero-order valence-corrected chi connectivity index (χ0v) is 17.7. The Bertz CT molecular complexity index is 1230. The summed E-state index contributed by atoms with van der Waals surface area (Å²) in [6.07, 6.45) is 1.43. The lowest BCUT2D eigenvalue weighted by molar-refractivity contribution is 0.102. The zero-order valence-electron chi connectivity index (χ0n) is 14.8. The van der Waals surface area contributed by atoms with Crippen LogP contribution in [0, 0.1) is 9.39 Å². The van der Waals surface area contributed by atoms with Crippen molar-refractivity contribution in [3.8, 4) is 0 Å². The first kappa shape index (κ1) is 19.5. The molecule has 4 rings (SSSR count). The van der Waals surface area contributed by atoms with Gasteiger partial charge in [-0.15, -0.1) is 0 Å². The number of carbonyl (C=O) groups is 1. The topological polar surface area (TPSA) is 66.9 Å². The molecule has 1 aromatic heterocycles. The first-order chi connectivity index (χ1) is 14.0. The molecule has 5 nitrogen and oxygen atoms in total. The zero-order chi connectivity index (χ0) is 20.4. The van der Waals surface area contributed by atoms with E-state index in [9.17, 15) is 9.18 Å². The van der Waals surface area contributed by atoms with Gasteiger partial charge in [-0.05, 0) is 77.2 Å². The molecule has 0 saturated heterocycles. The van der Waals surface area contributed by atoms with Gasteiger partial charge in [0.25, 0.3) is 5.91 Å². The SMILES string of the molecule is O=C(Nc1ccc2ncnc(Nc3ccc(F)c(Cl)c3)c2c1)c1cccc(I)c1. The van der Waals surface area contributed by atoms with Crippen molar-refractivity contribution in [1.29, 1.82) is 0 Å². The van der Waals surface area contributed by atoms with E-state index in [-0.39, 0.29) is 10.9 Å². The fourth-order valence-electron chi connectivity index (χ4n) is 2.78. The van der Waals surface area contributed by atoms with Gasteiger partial charge in [-0.25, -0.2) is 14.4 Å². The molecular formula is C21H13ClFIN4O. The Morgan fingerprint density at radius 2 is 1.83 bits per heavy atom. The van der Waals surface area contributed by atoms with E-state index in [1.54, 1.807) is 30.3 Å². The van der Waals surface area contributed by atoms with E-state index in [2.05, 4.69) is 43.2 Å². The molecule has 1 amide bonds. The number of carbonyl (C=O) groups excluding carboxylic acids is 1. The third kappa shape index (κ3) is 4.46. The molecule has 0 atom stereocenters. The molecular weight excluding hydrogens is 506 g/mol. The Balaban J connectivity index is 1.65. The quantitative estimate of drug-likeness (QED) is 0.324. The summed E-state index contributed by atoms with van der Waals surface area (Å²) in [6.45, 7) is 0. The Morgan fingerprint density at radius 3 is 2.62 bits per heavy atom. The second-order valence-corrected chi connectivity index (χ2v) is 7.83. The molecule has 0 aliphatic carbocycles. The molecule has 0 radical (unpaired) electrons. The van der Waals surface area contributed by atoms with Gasteiger partial charge in [0.1, 0.15) is 18.0 Å². The Hall–Kier alpha value is -2.78. The number of amides is 1. The second-order valence-electron chi connectivity index (χ2n) is 6.17. The lowest BCUT2D eigenvalue weighted by atomic mass is 10.1. The normalized spacial score (nSPS) is 10.7. The minimum Gasteiger partial charge on any atom is -0.340 e. The van der Waals surface area contributed by atoms with Gasteiger partial charge in [-0.1, -0.05) is 17.7 Å². The molecule has 29 heavy (non-hydrogen) atoms. The van der Waals surface area contributed by atoms with Gasteiger partial charge in [-0.3, -0.25) is 4.79 Å². The van der Waals surface area contributed by atoms with Gasteiger partial charge in [0.15, 0.2) is 0 Å². The maximum atomic E-state index is 13.4. The molecule has 0 fully saturated rings. The summed E-state index contributed by atoms with van der Waals surface area (Å²) >= 11 is 8.02. The van der Waals surface area contributed by atoms with Crippen molar-refractivity contribution < 1.29 is 9.18 Å². The lowest BCUT2D eigenvalue weighted by Crippen LogP contribution is -2.12. The molecule has 144 valence electrons. The third-order valence-corrected chi connectivity index (χ3v) is 5.12. The fraction of sp³-hybridized carbons (Fsp3) is 0. The van der Waals surface area contributed by atoms with Gasteiger partial charge in [0.05, 0.1) is 10.5 Å². The molecule has 0 aliphatic heterocycles. The molecule has 0 aliphatic rings. The molecule has 1 heterocycles. The van der Waals surface area contributed by atoms with Gasteiger partial charge < -0.3 is 10.6 Å². The predicted molar refractivity (Wildman–Crippen MR) is 121 cm³/mol. The van der Waals surface area contributed by atoms with E-state index in [1.807, 2.05) is 18.2 Å². The first-order valence-electron chi connectivity index (χ1n) is 8.53. The van der Waals surface area contributed by atoms with Crippen LogP contribution in [0.2, 0.25) is 5.02 Å². The van der Waals surface area contributed by atoms with Crippen molar-refractivity contribution >= 4 is 68.2 Å². The smallest absolute Gasteiger partial charge is 0.255 e. The highest BCUT2D eigenvalue weighted by molar-refractivity contribution is 14.1. The Kier molecular flexibility index (Phi) is 5.59. The number of aromatic nitrogens is 2. The van der Waals surface area contributed by atoms with Crippen LogP contribution in [-0.4, -0.2) is 15.9 Å². The number of fused-ring (bicyclic) bond motifs is 1. The van der Waals surface area contributed by atoms with E-state index in [4.69, 9.17) is 11.6 Å². The second kappa shape index (κ2) is 8.30. The number of nitrogens with one attached hydrogen (secondary N) is 2. The molecule has 2 N–H and O–H groups in total. The summed E-state index contributed by atoms with van der Waals surface area (Å²) in [6, 6.07) is 17.0. The molecule has 3 aromatic carbocycles. The standard InChI is InChI=1S/C21H13ClFIN4O/c22-17-10-15(4-6-18(17)23)27-20-16-9-14(5-7-19(16)25-11-26-20)28-21(29)12-2-1-3-13(24)8-12/h1-11H,(H,28,29)(H,25,26,27). The molecule has 8 heteroatoms. The van der Waals surface area contributed by atoms with Crippen LogP contribution >= 0.6 is 34.2 Å². The van der Waals surface area contributed by atoms with Crippen LogP contribution in [0.4, 0.5) is 21.6 Å². The minimum absolute atomic E-state index is 0.0128. The van der Waals surface area contributed by atoms with E-state index in [1.165, 1.54) is 18.5 Å². The number of anilines is 3. The van der Waals surface area contributed by atoms with Crippen LogP contribution in [0.5, 0.6) is 0 Å². The lowest BCUT2D eigenvalue weighted by Gasteiger charge is -2.11. The van der Waals surface area contributed by atoms with Crippen LogP contribution in [-0.2, 0) is 0 Å². The van der Waals surface area contributed by atoms with Gasteiger partial charge in [-0.2, -0.15) is 0 Å². The first-order valence-corrected chi connectivity index (χ1v) is 9.99. The van der Waals surface area contributed by atoms with Gasteiger partial charge in [0.2, 0.25) is 0 Å². The van der Waals surface area contributed by atoms with Crippen molar-refractivity contribution in [3.05, 3.63) is 87.0 Å². The number of hydrogen-bond donors (Lipinski definition) is 2. The number of nitrogens with zero attached hydrogens (tertiary/aromatic N) is 2. The maximum absolute atomic E-state index is 13.4. The van der Waals surface area contributed by atoms with Crippen molar-refractivity contribution in [2.45, 2.75) is 0 Å². The Morgan fingerprint density at radius 1 is 1.00 bits per heavy atom. The summed E-state index contributed by atoms with van der Waals surface area (Å²) in [5, 5.41) is 6.72. The number of hydrogen-bond acceptors (Lipinski definition) is 4. The monoisotopic (exact) mass is 518 g/mol. The van der Waals surface area contributed by atoms with Crippen molar-refractivity contribution in [1.82, 2.24) is 9.97 Å². The molecule has 4 aromatic rings. The maximum Gasteiger partial charge on any atom is 0.255 e.